The van der Waals surface area contributed by atoms with E-state index in [0.29, 0.717) is 6.61 Å². The molecule has 1 saturated carbocycles. The normalized spacial score (nSPS) is 29.4. The monoisotopic (exact) mass is 197 g/mol. The van der Waals surface area contributed by atoms with Gasteiger partial charge in [-0.05, 0) is 51.0 Å². The maximum atomic E-state index is 8.83. The van der Waals surface area contributed by atoms with Crippen molar-refractivity contribution in [2.24, 2.45) is 5.92 Å². The zero-order chi connectivity index (χ0) is 9.80. The molecule has 1 atom stereocenters. The van der Waals surface area contributed by atoms with Crippen molar-refractivity contribution in [1.82, 2.24) is 4.90 Å². The standard InChI is InChI=1S/C12H23NO/c14-9-3-7-12-6-2-8-13(12)10-11-4-1-5-11/h11-12,14H,1-10H2. The van der Waals surface area contributed by atoms with Crippen LogP contribution in [-0.2, 0) is 0 Å². The van der Waals surface area contributed by atoms with E-state index in [1.165, 1.54) is 51.6 Å². The van der Waals surface area contributed by atoms with Crippen molar-refractivity contribution in [2.75, 3.05) is 19.7 Å². The highest BCUT2D eigenvalue weighted by atomic mass is 16.2. The molecule has 1 unspecified atom stereocenters. The van der Waals surface area contributed by atoms with Gasteiger partial charge < -0.3 is 10.0 Å². The van der Waals surface area contributed by atoms with Crippen molar-refractivity contribution >= 4 is 0 Å². The van der Waals surface area contributed by atoms with Gasteiger partial charge in [-0.15, -0.1) is 0 Å². The highest BCUT2D eigenvalue weighted by molar-refractivity contribution is 4.83. The molecule has 0 aromatic carbocycles. The minimum Gasteiger partial charge on any atom is -0.396 e. The number of hydrogen-bond acceptors (Lipinski definition) is 2. The van der Waals surface area contributed by atoms with Crippen LogP contribution in [0.2, 0.25) is 0 Å². The lowest BCUT2D eigenvalue weighted by molar-refractivity contribution is 0.154. The van der Waals surface area contributed by atoms with Gasteiger partial charge in [0.05, 0.1) is 0 Å². The summed E-state index contributed by atoms with van der Waals surface area (Å²) in [6.45, 7) is 3.02. The first-order valence-electron chi connectivity index (χ1n) is 6.25. The number of nitrogens with zero attached hydrogens (tertiary/aromatic N) is 1. The van der Waals surface area contributed by atoms with Gasteiger partial charge in [0.1, 0.15) is 0 Å². The molecule has 0 bridgehead atoms. The molecular formula is C12H23NO. The van der Waals surface area contributed by atoms with E-state index in [4.69, 9.17) is 5.11 Å². The van der Waals surface area contributed by atoms with Crippen LogP contribution in [0.3, 0.4) is 0 Å². The van der Waals surface area contributed by atoms with Gasteiger partial charge in [0.2, 0.25) is 0 Å². The molecule has 0 spiro atoms. The van der Waals surface area contributed by atoms with Crippen molar-refractivity contribution in [3.63, 3.8) is 0 Å². The zero-order valence-corrected chi connectivity index (χ0v) is 9.12. The van der Waals surface area contributed by atoms with Crippen LogP contribution in [0, 0.1) is 5.92 Å². The summed E-state index contributed by atoms with van der Waals surface area (Å²) < 4.78 is 0. The summed E-state index contributed by atoms with van der Waals surface area (Å²) in [5.74, 6) is 1.00. The topological polar surface area (TPSA) is 23.5 Å². The van der Waals surface area contributed by atoms with E-state index in [1.54, 1.807) is 0 Å². The second-order valence-electron chi connectivity index (χ2n) is 4.95. The van der Waals surface area contributed by atoms with Gasteiger partial charge in [0.25, 0.3) is 0 Å². The van der Waals surface area contributed by atoms with Crippen LogP contribution in [0.1, 0.15) is 44.9 Å². The molecular weight excluding hydrogens is 174 g/mol. The first kappa shape index (κ1) is 10.4. The third-order valence-corrected chi connectivity index (χ3v) is 3.91. The summed E-state index contributed by atoms with van der Waals surface area (Å²) in [7, 11) is 0. The highest BCUT2D eigenvalue weighted by Gasteiger charge is 2.28. The third-order valence-electron chi connectivity index (χ3n) is 3.91. The fourth-order valence-corrected chi connectivity index (χ4v) is 2.80. The smallest absolute Gasteiger partial charge is 0.0431 e. The van der Waals surface area contributed by atoms with Crippen molar-refractivity contribution in [1.29, 1.82) is 0 Å². The molecule has 82 valence electrons. The highest BCUT2D eigenvalue weighted by Crippen LogP contribution is 2.30. The van der Waals surface area contributed by atoms with Crippen molar-refractivity contribution in [3.05, 3.63) is 0 Å². The average Bonchev–Trinajstić information content (AvgIpc) is 2.55. The quantitative estimate of drug-likeness (QED) is 0.729. The Morgan fingerprint density at radius 1 is 1.14 bits per heavy atom. The van der Waals surface area contributed by atoms with Gasteiger partial charge in [-0.3, -0.25) is 0 Å². The fourth-order valence-electron chi connectivity index (χ4n) is 2.80. The molecule has 1 saturated heterocycles. The molecule has 1 N–H and O–H groups in total. The van der Waals surface area contributed by atoms with E-state index in [0.717, 1.165) is 18.4 Å². The second-order valence-corrected chi connectivity index (χ2v) is 4.95. The van der Waals surface area contributed by atoms with Crippen LogP contribution < -0.4 is 0 Å². The summed E-state index contributed by atoms with van der Waals surface area (Å²) in [5.41, 5.74) is 0. The Morgan fingerprint density at radius 2 is 2.00 bits per heavy atom. The number of hydrogen-bond donors (Lipinski definition) is 1. The largest absolute Gasteiger partial charge is 0.396 e. The maximum absolute atomic E-state index is 8.83. The predicted molar refractivity (Wildman–Crippen MR) is 58.3 cm³/mol. The van der Waals surface area contributed by atoms with E-state index >= 15 is 0 Å². The summed E-state index contributed by atoms with van der Waals surface area (Å²) in [5, 5.41) is 8.83. The molecule has 0 aromatic rings. The molecule has 2 rings (SSSR count). The first-order chi connectivity index (χ1) is 6.90. The van der Waals surface area contributed by atoms with Crippen LogP contribution >= 0.6 is 0 Å². The molecule has 1 heterocycles. The Labute approximate surface area is 87.3 Å². The molecule has 2 aliphatic rings. The van der Waals surface area contributed by atoms with Crippen molar-refractivity contribution < 1.29 is 5.11 Å². The Hall–Kier alpha value is -0.0800. The number of rotatable bonds is 5. The number of likely N-dealkylation sites (tertiary alicyclic amines) is 1. The second kappa shape index (κ2) is 5.13. The molecule has 14 heavy (non-hydrogen) atoms. The first-order valence-corrected chi connectivity index (χ1v) is 6.25. The summed E-state index contributed by atoms with van der Waals surface area (Å²) in [6.07, 6.45) is 9.33. The molecule has 1 aliphatic carbocycles. The summed E-state index contributed by atoms with van der Waals surface area (Å²) in [4.78, 5) is 2.68. The number of aliphatic hydroxyl groups is 1. The molecule has 2 nitrogen and oxygen atoms in total. The van der Waals surface area contributed by atoms with Gasteiger partial charge >= 0.3 is 0 Å². The Bertz CT molecular complexity index is 168. The Kier molecular flexibility index (Phi) is 3.82. The molecule has 2 heteroatoms. The lowest BCUT2D eigenvalue weighted by atomic mass is 9.85. The zero-order valence-electron chi connectivity index (χ0n) is 9.12. The van der Waals surface area contributed by atoms with Crippen LogP contribution in [0.15, 0.2) is 0 Å². The van der Waals surface area contributed by atoms with Crippen molar-refractivity contribution in [2.45, 2.75) is 51.0 Å². The lowest BCUT2D eigenvalue weighted by Gasteiger charge is -2.33. The maximum Gasteiger partial charge on any atom is 0.0431 e. The van der Waals surface area contributed by atoms with Crippen LogP contribution in [0.25, 0.3) is 0 Å². The van der Waals surface area contributed by atoms with E-state index in [-0.39, 0.29) is 0 Å². The van der Waals surface area contributed by atoms with Gasteiger partial charge in [0.15, 0.2) is 0 Å². The molecule has 2 fully saturated rings. The van der Waals surface area contributed by atoms with Crippen LogP contribution in [0.5, 0.6) is 0 Å². The summed E-state index contributed by atoms with van der Waals surface area (Å²) in [6, 6.07) is 0.794. The number of aliphatic hydroxyl groups excluding tert-OH is 1. The third kappa shape index (κ3) is 2.48. The van der Waals surface area contributed by atoms with E-state index in [9.17, 15) is 0 Å². The van der Waals surface area contributed by atoms with Gasteiger partial charge in [-0.1, -0.05) is 6.42 Å². The molecule has 1 aliphatic heterocycles. The van der Waals surface area contributed by atoms with Crippen LogP contribution in [0.4, 0.5) is 0 Å². The van der Waals surface area contributed by atoms with E-state index < -0.39 is 0 Å². The minimum atomic E-state index is 0.369. The molecule has 0 aromatic heterocycles. The van der Waals surface area contributed by atoms with Crippen LogP contribution in [-0.4, -0.2) is 35.7 Å². The van der Waals surface area contributed by atoms with Crippen molar-refractivity contribution in [3.8, 4) is 0 Å². The minimum absolute atomic E-state index is 0.369. The SMILES string of the molecule is OCCCC1CCCN1CC1CCC1. The average molecular weight is 197 g/mol. The van der Waals surface area contributed by atoms with Gasteiger partial charge in [0, 0.05) is 19.2 Å². The fraction of sp³-hybridized carbons (Fsp3) is 1.00. The molecule has 0 radical (unpaired) electrons. The van der Waals surface area contributed by atoms with Gasteiger partial charge in [-0.25, -0.2) is 0 Å². The Morgan fingerprint density at radius 3 is 2.64 bits per heavy atom. The van der Waals surface area contributed by atoms with E-state index in [2.05, 4.69) is 4.90 Å². The molecule has 0 amide bonds. The Balaban J connectivity index is 1.71. The van der Waals surface area contributed by atoms with Gasteiger partial charge in [-0.2, -0.15) is 0 Å². The summed E-state index contributed by atoms with van der Waals surface area (Å²) >= 11 is 0. The van der Waals surface area contributed by atoms with E-state index in [1.807, 2.05) is 0 Å². The predicted octanol–water partition coefficient (Wildman–Crippen LogP) is 2.02. The lowest BCUT2D eigenvalue weighted by Crippen LogP contribution is -2.36.